The van der Waals surface area contributed by atoms with Crippen molar-refractivity contribution < 1.29 is 5.11 Å². The normalized spacial score (nSPS) is 35.2. The molecule has 0 amide bonds. The fourth-order valence-corrected chi connectivity index (χ4v) is 3.96. The van der Waals surface area contributed by atoms with Crippen LogP contribution in [0.2, 0.25) is 0 Å². The van der Waals surface area contributed by atoms with Gasteiger partial charge in [-0.25, -0.2) is 0 Å². The lowest BCUT2D eigenvalue weighted by atomic mass is 9.68. The van der Waals surface area contributed by atoms with E-state index in [4.69, 9.17) is 5.73 Å². The summed E-state index contributed by atoms with van der Waals surface area (Å²) in [4.78, 5) is 2.57. The maximum absolute atomic E-state index is 9.66. The first-order valence-electron chi connectivity index (χ1n) is 8.06. The third-order valence-electron chi connectivity index (χ3n) is 5.61. The Kier molecular flexibility index (Phi) is 4.91. The maximum Gasteiger partial charge on any atom is 0.0541 e. The van der Waals surface area contributed by atoms with Crippen molar-refractivity contribution in [3.63, 3.8) is 0 Å². The van der Waals surface area contributed by atoms with Crippen LogP contribution in [0.25, 0.3) is 0 Å². The number of nitrogens with zero attached hydrogens (tertiary/aromatic N) is 1. The van der Waals surface area contributed by atoms with E-state index in [0.29, 0.717) is 23.3 Å². The topological polar surface area (TPSA) is 49.5 Å². The Hall–Kier alpha value is -0.120. The van der Waals surface area contributed by atoms with Gasteiger partial charge in [-0.2, -0.15) is 0 Å². The zero-order valence-electron chi connectivity index (χ0n) is 12.9. The van der Waals surface area contributed by atoms with Gasteiger partial charge in [0.2, 0.25) is 0 Å². The van der Waals surface area contributed by atoms with E-state index in [2.05, 4.69) is 18.7 Å². The number of hydrogen-bond donors (Lipinski definition) is 2. The van der Waals surface area contributed by atoms with Crippen LogP contribution in [0.3, 0.4) is 0 Å². The molecule has 2 fully saturated rings. The monoisotopic (exact) mass is 268 g/mol. The summed E-state index contributed by atoms with van der Waals surface area (Å²) in [6, 6.07) is 0.343. The minimum Gasteiger partial charge on any atom is -0.393 e. The Morgan fingerprint density at radius 1 is 1.26 bits per heavy atom. The van der Waals surface area contributed by atoms with Gasteiger partial charge in [-0.05, 0) is 62.9 Å². The van der Waals surface area contributed by atoms with Crippen LogP contribution in [0.15, 0.2) is 0 Å². The molecule has 0 spiro atoms. The fourth-order valence-electron chi connectivity index (χ4n) is 3.96. The maximum atomic E-state index is 9.66. The number of piperidine rings is 1. The van der Waals surface area contributed by atoms with Crippen LogP contribution in [0.5, 0.6) is 0 Å². The van der Waals surface area contributed by atoms with E-state index >= 15 is 0 Å². The minimum atomic E-state index is -0.141. The summed E-state index contributed by atoms with van der Waals surface area (Å²) in [5, 5.41) is 9.66. The number of nitrogens with two attached hydrogens (primary N) is 1. The Labute approximate surface area is 118 Å². The van der Waals surface area contributed by atoms with Gasteiger partial charge in [0.15, 0.2) is 0 Å². The number of rotatable bonds is 3. The van der Waals surface area contributed by atoms with E-state index in [0.717, 1.165) is 32.5 Å². The van der Waals surface area contributed by atoms with Gasteiger partial charge >= 0.3 is 0 Å². The molecule has 1 aliphatic carbocycles. The lowest BCUT2D eigenvalue weighted by Gasteiger charge is -2.44. The van der Waals surface area contributed by atoms with E-state index in [1.807, 2.05) is 6.92 Å². The third kappa shape index (κ3) is 3.71. The van der Waals surface area contributed by atoms with Crippen molar-refractivity contribution >= 4 is 0 Å². The van der Waals surface area contributed by atoms with Crippen LogP contribution in [0.1, 0.15) is 52.9 Å². The number of hydrogen-bond acceptors (Lipinski definition) is 3. The molecule has 3 atom stereocenters. The molecule has 2 rings (SSSR count). The smallest absolute Gasteiger partial charge is 0.0541 e. The van der Waals surface area contributed by atoms with Gasteiger partial charge in [-0.15, -0.1) is 0 Å². The van der Waals surface area contributed by atoms with Gasteiger partial charge in [-0.1, -0.05) is 20.3 Å². The summed E-state index contributed by atoms with van der Waals surface area (Å²) in [5.74, 6) is 1.17. The van der Waals surface area contributed by atoms with Gasteiger partial charge in [0, 0.05) is 12.6 Å². The molecule has 0 aromatic carbocycles. The zero-order chi connectivity index (χ0) is 14.0. The first-order chi connectivity index (χ1) is 8.90. The van der Waals surface area contributed by atoms with Gasteiger partial charge in [-0.3, -0.25) is 0 Å². The Morgan fingerprint density at radius 2 is 1.89 bits per heavy atom. The Bertz CT molecular complexity index is 282. The van der Waals surface area contributed by atoms with E-state index in [9.17, 15) is 5.11 Å². The van der Waals surface area contributed by atoms with Crippen LogP contribution in [0.4, 0.5) is 0 Å². The molecule has 0 aromatic rings. The summed E-state index contributed by atoms with van der Waals surface area (Å²) >= 11 is 0. The van der Waals surface area contributed by atoms with Crippen molar-refractivity contribution in [3.05, 3.63) is 0 Å². The van der Waals surface area contributed by atoms with E-state index in [-0.39, 0.29) is 6.10 Å². The molecule has 1 heterocycles. The van der Waals surface area contributed by atoms with Crippen LogP contribution < -0.4 is 5.73 Å². The lowest BCUT2D eigenvalue weighted by molar-refractivity contribution is 0.0500. The van der Waals surface area contributed by atoms with E-state index in [1.54, 1.807) is 0 Å². The highest BCUT2D eigenvalue weighted by Crippen LogP contribution is 2.38. The summed E-state index contributed by atoms with van der Waals surface area (Å²) in [5.41, 5.74) is 6.79. The molecular formula is C16H32N2O. The van der Waals surface area contributed by atoms with Crippen LogP contribution in [-0.2, 0) is 0 Å². The number of aliphatic hydroxyl groups is 1. The predicted molar refractivity (Wildman–Crippen MR) is 79.9 cm³/mol. The van der Waals surface area contributed by atoms with Crippen molar-refractivity contribution in [2.24, 2.45) is 23.0 Å². The van der Waals surface area contributed by atoms with Gasteiger partial charge in [0.1, 0.15) is 0 Å². The molecule has 3 N–H and O–H groups in total. The standard InChI is InChI=1S/C16H32N2O/c1-12(19)13-6-9-18(10-7-13)11-14-5-4-8-16(2,3)15(14)17/h12-15,19H,4-11,17H2,1-3H3. The molecule has 2 aliphatic rings. The summed E-state index contributed by atoms with van der Waals surface area (Å²) < 4.78 is 0. The molecule has 0 bridgehead atoms. The van der Waals surface area contributed by atoms with Crippen LogP contribution in [0, 0.1) is 17.3 Å². The van der Waals surface area contributed by atoms with Crippen molar-refractivity contribution in [1.82, 2.24) is 4.90 Å². The van der Waals surface area contributed by atoms with Crippen molar-refractivity contribution in [2.45, 2.75) is 65.0 Å². The molecule has 1 saturated heterocycles. The predicted octanol–water partition coefficient (Wildman–Crippen LogP) is 2.23. The zero-order valence-corrected chi connectivity index (χ0v) is 12.9. The fraction of sp³-hybridized carbons (Fsp3) is 1.00. The second kappa shape index (κ2) is 6.11. The molecule has 1 aliphatic heterocycles. The first kappa shape index (κ1) is 15.3. The number of likely N-dealkylation sites (tertiary alicyclic amines) is 1. The average Bonchev–Trinajstić information content (AvgIpc) is 2.35. The first-order valence-corrected chi connectivity index (χ1v) is 8.06. The summed E-state index contributed by atoms with van der Waals surface area (Å²) in [6.45, 7) is 10.0. The van der Waals surface area contributed by atoms with E-state index in [1.165, 1.54) is 19.3 Å². The molecule has 112 valence electrons. The lowest BCUT2D eigenvalue weighted by Crippen LogP contribution is -2.51. The molecule has 3 nitrogen and oxygen atoms in total. The largest absolute Gasteiger partial charge is 0.393 e. The van der Waals surface area contributed by atoms with Crippen LogP contribution >= 0.6 is 0 Å². The molecule has 3 heteroatoms. The second-order valence-electron chi connectivity index (χ2n) is 7.55. The molecule has 0 aromatic heterocycles. The molecule has 0 radical (unpaired) electrons. The van der Waals surface area contributed by atoms with Crippen molar-refractivity contribution in [2.75, 3.05) is 19.6 Å². The van der Waals surface area contributed by atoms with Crippen LogP contribution in [-0.4, -0.2) is 41.8 Å². The number of aliphatic hydroxyl groups excluding tert-OH is 1. The molecule has 3 unspecified atom stereocenters. The van der Waals surface area contributed by atoms with Gasteiger partial charge < -0.3 is 15.7 Å². The Balaban J connectivity index is 1.82. The van der Waals surface area contributed by atoms with Crippen molar-refractivity contribution in [3.8, 4) is 0 Å². The second-order valence-corrected chi connectivity index (χ2v) is 7.55. The van der Waals surface area contributed by atoms with Gasteiger partial charge in [0.05, 0.1) is 6.10 Å². The van der Waals surface area contributed by atoms with E-state index < -0.39 is 0 Å². The highest BCUT2D eigenvalue weighted by molar-refractivity contribution is 4.92. The highest BCUT2D eigenvalue weighted by atomic mass is 16.3. The highest BCUT2D eigenvalue weighted by Gasteiger charge is 2.37. The molecular weight excluding hydrogens is 236 g/mol. The quantitative estimate of drug-likeness (QED) is 0.825. The molecule has 1 saturated carbocycles. The van der Waals surface area contributed by atoms with Crippen molar-refractivity contribution in [1.29, 1.82) is 0 Å². The SMILES string of the molecule is CC(O)C1CCN(CC2CCCC(C)(C)C2N)CC1. The minimum absolute atomic E-state index is 0.141. The summed E-state index contributed by atoms with van der Waals surface area (Å²) in [7, 11) is 0. The van der Waals surface area contributed by atoms with Gasteiger partial charge in [0.25, 0.3) is 0 Å². The Morgan fingerprint density at radius 3 is 2.47 bits per heavy atom. The average molecular weight is 268 g/mol. The molecule has 19 heavy (non-hydrogen) atoms. The third-order valence-corrected chi connectivity index (χ3v) is 5.61. The summed E-state index contributed by atoms with van der Waals surface area (Å²) in [6.07, 6.45) is 6.04.